The van der Waals surface area contributed by atoms with Crippen LogP contribution in [0.3, 0.4) is 0 Å². The summed E-state index contributed by atoms with van der Waals surface area (Å²) in [6, 6.07) is 3.88. The molecule has 1 heterocycles. The van der Waals surface area contributed by atoms with Gasteiger partial charge in [-0.15, -0.1) is 0 Å². The van der Waals surface area contributed by atoms with E-state index in [1.807, 2.05) is 19.1 Å². The molecule has 1 rings (SSSR count). The Morgan fingerprint density at radius 1 is 1.53 bits per heavy atom. The molecule has 0 fully saturated rings. The Labute approximate surface area is 101 Å². The molecule has 0 amide bonds. The van der Waals surface area contributed by atoms with Gasteiger partial charge < -0.3 is 9.84 Å². The molecular weight excluding hydrogens is 220 g/mol. The van der Waals surface area contributed by atoms with Crippen molar-refractivity contribution in [2.45, 2.75) is 13.5 Å². The van der Waals surface area contributed by atoms with Gasteiger partial charge in [0.1, 0.15) is 0 Å². The Balaban J connectivity index is 2.57. The van der Waals surface area contributed by atoms with Gasteiger partial charge >= 0.3 is 5.97 Å². The van der Waals surface area contributed by atoms with E-state index in [-0.39, 0.29) is 6.54 Å². The predicted molar refractivity (Wildman–Crippen MR) is 63.8 cm³/mol. The normalized spacial score (nSPS) is 10.8. The van der Waals surface area contributed by atoms with Gasteiger partial charge in [-0.25, -0.2) is 0 Å². The van der Waals surface area contributed by atoms with Crippen molar-refractivity contribution in [3.05, 3.63) is 29.6 Å². The quantitative estimate of drug-likeness (QED) is 0.765. The molecule has 1 aromatic rings. The number of ether oxygens (including phenoxy) is 1. The Morgan fingerprint density at radius 3 is 2.82 bits per heavy atom. The lowest BCUT2D eigenvalue weighted by atomic mass is 10.2. The molecule has 94 valence electrons. The molecule has 0 aliphatic rings. The van der Waals surface area contributed by atoms with E-state index in [2.05, 4.69) is 4.98 Å². The van der Waals surface area contributed by atoms with Crippen molar-refractivity contribution in [2.24, 2.45) is 0 Å². The lowest BCUT2D eigenvalue weighted by Crippen LogP contribution is -2.32. The van der Waals surface area contributed by atoms with E-state index in [0.29, 0.717) is 19.7 Å². The standard InChI is InChI=1S/C12H18N2O3/c1-10-3-4-11(13-7-10)8-14(5-6-17-2)9-12(15)16/h3-4,7H,5-6,8-9H2,1-2H3,(H,15,16). The van der Waals surface area contributed by atoms with Gasteiger partial charge in [0.25, 0.3) is 0 Å². The van der Waals surface area contributed by atoms with Crippen LogP contribution in [0.1, 0.15) is 11.3 Å². The van der Waals surface area contributed by atoms with Crippen molar-refractivity contribution in [1.82, 2.24) is 9.88 Å². The van der Waals surface area contributed by atoms with Gasteiger partial charge in [0.2, 0.25) is 0 Å². The maximum Gasteiger partial charge on any atom is 0.317 e. The van der Waals surface area contributed by atoms with Crippen LogP contribution in [-0.2, 0) is 16.1 Å². The molecule has 17 heavy (non-hydrogen) atoms. The molecule has 0 aromatic carbocycles. The summed E-state index contributed by atoms with van der Waals surface area (Å²) in [4.78, 5) is 16.8. The number of hydrogen-bond acceptors (Lipinski definition) is 4. The zero-order valence-corrected chi connectivity index (χ0v) is 10.2. The molecule has 0 atom stereocenters. The third kappa shape index (κ3) is 5.42. The number of carbonyl (C=O) groups is 1. The van der Waals surface area contributed by atoms with Crippen LogP contribution in [0.25, 0.3) is 0 Å². The minimum absolute atomic E-state index is 0.00107. The van der Waals surface area contributed by atoms with E-state index in [4.69, 9.17) is 9.84 Å². The molecule has 1 aromatic heterocycles. The fraction of sp³-hybridized carbons (Fsp3) is 0.500. The highest BCUT2D eigenvalue weighted by Crippen LogP contribution is 2.03. The van der Waals surface area contributed by atoms with E-state index in [1.54, 1.807) is 18.2 Å². The van der Waals surface area contributed by atoms with Gasteiger partial charge in [0.15, 0.2) is 0 Å². The maximum atomic E-state index is 10.7. The summed E-state index contributed by atoms with van der Waals surface area (Å²) < 4.78 is 4.96. The van der Waals surface area contributed by atoms with Crippen LogP contribution in [0.15, 0.2) is 18.3 Å². The van der Waals surface area contributed by atoms with E-state index in [0.717, 1.165) is 11.3 Å². The minimum atomic E-state index is -0.840. The molecule has 0 saturated carbocycles. The first-order valence-corrected chi connectivity index (χ1v) is 5.46. The summed E-state index contributed by atoms with van der Waals surface area (Å²) in [5.41, 5.74) is 1.96. The Kier molecular flexibility index (Phi) is 5.59. The Hall–Kier alpha value is -1.46. The van der Waals surface area contributed by atoms with Crippen LogP contribution in [0.2, 0.25) is 0 Å². The van der Waals surface area contributed by atoms with Crippen LogP contribution in [0.5, 0.6) is 0 Å². The largest absolute Gasteiger partial charge is 0.480 e. The van der Waals surface area contributed by atoms with Crippen LogP contribution >= 0.6 is 0 Å². The topological polar surface area (TPSA) is 62.7 Å². The molecule has 5 nitrogen and oxygen atoms in total. The van der Waals surface area contributed by atoms with Gasteiger partial charge in [-0.05, 0) is 18.6 Å². The predicted octanol–water partition coefficient (Wildman–Crippen LogP) is 0.923. The summed E-state index contributed by atoms with van der Waals surface area (Å²) in [6.07, 6.45) is 1.78. The Bertz CT molecular complexity index is 351. The van der Waals surface area contributed by atoms with Crippen molar-refractivity contribution in [3.63, 3.8) is 0 Å². The number of pyridine rings is 1. The highest BCUT2D eigenvalue weighted by atomic mass is 16.5. The van der Waals surface area contributed by atoms with Gasteiger partial charge in [-0.1, -0.05) is 6.07 Å². The second kappa shape index (κ2) is 6.98. The molecule has 1 N–H and O–H groups in total. The van der Waals surface area contributed by atoms with Gasteiger partial charge in [-0.2, -0.15) is 0 Å². The van der Waals surface area contributed by atoms with Crippen LogP contribution in [0.4, 0.5) is 0 Å². The fourth-order valence-corrected chi connectivity index (χ4v) is 1.45. The molecular formula is C12H18N2O3. The molecule has 5 heteroatoms. The van der Waals surface area contributed by atoms with Gasteiger partial charge in [-0.3, -0.25) is 14.7 Å². The lowest BCUT2D eigenvalue weighted by molar-refractivity contribution is -0.138. The van der Waals surface area contributed by atoms with E-state index < -0.39 is 5.97 Å². The summed E-state index contributed by atoms with van der Waals surface area (Å²) in [6.45, 7) is 3.59. The summed E-state index contributed by atoms with van der Waals surface area (Å²) in [5.74, 6) is -0.840. The number of aliphatic carboxylic acids is 1. The highest BCUT2D eigenvalue weighted by molar-refractivity contribution is 5.69. The van der Waals surface area contributed by atoms with Crippen molar-refractivity contribution in [2.75, 3.05) is 26.8 Å². The van der Waals surface area contributed by atoms with Crippen LogP contribution in [0, 0.1) is 6.92 Å². The molecule has 0 unspecified atom stereocenters. The third-order valence-corrected chi connectivity index (χ3v) is 2.33. The average Bonchev–Trinajstić information content (AvgIpc) is 2.28. The van der Waals surface area contributed by atoms with Crippen molar-refractivity contribution < 1.29 is 14.6 Å². The zero-order chi connectivity index (χ0) is 12.7. The summed E-state index contributed by atoms with van der Waals surface area (Å²) >= 11 is 0. The van der Waals surface area contributed by atoms with E-state index in [1.165, 1.54) is 0 Å². The van der Waals surface area contributed by atoms with Crippen molar-refractivity contribution >= 4 is 5.97 Å². The van der Waals surface area contributed by atoms with Crippen molar-refractivity contribution in [3.8, 4) is 0 Å². The second-order valence-electron chi connectivity index (χ2n) is 3.92. The number of carboxylic acid groups (broad SMARTS) is 1. The minimum Gasteiger partial charge on any atom is -0.480 e. The second-order valence-corrected chi connectivity index (χ2v) is 3.92. The van der Waals surface area contributed by atoms with Crippen LogP contribution < -0.4 is 0 Å². The lowest BCUT2D eigenvalue weighted by Gasteiger charge is -2.19. The molecule has 0 spiro atoms. The number of aromatic nitrogens is 1. The zero-order valence-electron chi connectivity index (χ0n) is 10.2. The third-order valence-electron chi connectivity index (χ3n) is 2.33. The monoisotopic (exact) mass is 238 g/mol. The number of nitrogens with zero attached hydrogens (tertiary/aromatic N) is 2. The number of rotatable bonds is 7. The van der Waals surface area contributed by atoms with Crippen LogP contribution in [-0.4, -0.2) is 47.8 Å². The smallest absolute Gasteiger partial charge is 0.317 e. The van der Waals surface area contributed by atoms with E-state index >= 15 is 0 Å². The van der Waals surface area contributed by atoms with Crippen molar-refractivity contribution in [1.29, 1.82) is 0 Å². The summed E-state index contributed by atoms with van der Waals surface area (Å²) in [5, 5.41) is 8.80. The fourth-order valence-electron chi connectivity index (χ4n) is 1.45. The number of hydrogen-bond donors (Lipinski definition) is 1. The van der Waals surface area contributed by atoms with Gasteiger partial charge in [0, 0.05) is 26.4 Å². The van der Waals surface area contributed by atoms with E-state index in [9.17, 15) is 4.79 Å². The first kappa shape index (κ1) is 13.6. The molecule has 0 aliphatic carbocycles. The molecule has 0 aliphatic heterocycles. The Morgan fingerprint density at radius 2 is 2.29 bits per heavy atom. The number of methoxy groups -OCH3 is 1. The first-order valence-electron chi connectivity index (χ1n) is 5.46. The summed E-state index contributed by atoms with van der Waals surface area (Å²) in [7, 11) is 1.60. The number of aryl methyl sites for hydroxylation is 1. The molecule has 0 bridgehead atoms. The molecule has 0 saturated heterocycles. The highest BCUT2D eigenvalue weighted by Gasteiger charge is 2.10. The SMILES string of the molecule is COCCN(CC(=O)O)Cc1ccc(C)cn1. The molecule has 0 radical (unpaired) electrons. The van der Waals surface area contributed by atoms with Gasteiger partial charge in [0.05, 0.1) is 18.8 Å². The average molecular weight is 238 g/mol. The maximum absolute atomic E-state index is 10.7. The first-order chi connectivity index (χ1) is 8.11. The number of carboxylic acids is 1.